The normalized spacial score (nSPS) is 23.2. The smallest absolute Gasteiger partial charge is 0.457 e. The highest BCUT2D eigenvalue weighted by molar-refractivity contribution is 7.52. The van der Waals surface area contributed by atoms with Gasteiger partial charge in [-0.25, -0.2) is 9.55 Å². The van der Waals surface area contributed by atoms with Crippen molar-refractivity contribution in [2.75, 3.05) is 24.7 Å². The second kappa shape index (κ2) is 13.7. The van der Waals surface area contributed by atoms with E-state index < -0.39 is 56.5 Å². The maximum Gasteiger partial charge on any atom is 0.459 e. The van der Waals surface area contributed by atoms with Crippen LogP contribution in [-0.4, -0.2) is 73.2 Å². The van der Waals surface area contributed by atoms with Crippen molar-refractivity contribution < 1.29 is 38.1 Å². The summed E-state index contributed by atoms with van der Waals surface area (Å²) in [5.41, 5.74) is 5.41. The van der Waals surface area contributed by atoms with Crippen LogP contribution < -0.4 is 20.7 Å². The van der Waals surface area contributed by atoms with Gasteiger partial charge in [-0.05, 0) is 37.8 Å². The lowest BCUT2D eigenvalue weighted by molar-refractivity contribution is -0.150. The average Bonchev–Trinajstić information content (AvgIpc) is 3.60. The summed E-state index contributed by atoms with van der Waals surface area (Å²) in [5, 5.41) is 29.7. The molecule has 0 amide bonds. The molecule has 16 heteroatoms. The number of aromatic nitrogens is 4. The van der Waals surface area contributed by atoms with Crippen LogP contribution in [0.3, 0.4) is 0 Å². The molecule has 1 aliphatic heterocycles. The van der Waals surface area contributed by atoms with Crippen LogP contribution in [0.15, 0.2) is 79.1 Å². The summed E-state index contributed by atoms with van der Waals surface area (Å²) < 4.78 is 39.6. The zero-order chi connectivity index (χ0) is 34.9. The summed E-state index contributed by atoms with van der Waals surface area (Å²) >= 11 is 0. The van der Waals surface area contributed by atoms with E-state index in [1.165, 1.54) is 24.7 Å². The van der Waals surface area contributed by atoms with Crippen LogP contribution in [0.5, 0.6) is 5.75 Å². The zero-order valence-corrected chi connectivity index (χ0v) is 28.2. The van der Waals surface area contributed by atoms with Crippen molar-refractivity contribution in [1.29, 1.82) is 0 Å². The van der Waals surface area contributed by atoms with E-state index in [1.807, 2.05) is 54.6 Å². The predicted molar refractivity (Wildman–Crippen MR) is 182 cm³/mol. The Hall–Kier alpha value is -4.63. The third-order valence-corrected chi connectivity index (χ3v) is 9.96. The fourth-order valence-electron chi connectivity index (χ4n) is 5.68. The summed E-state index contributed by atoms with van der Waals surface area (Å²) in [6.07, 6.45) is -3.15. The quantitative estimate of drug-likeness (QED) is 0.0923. The number of imidazole rings is 1. The van der Waals surface area contributed by atoms with Gasteiger partial charge in [0.2, 0.25) is 5.95 Å². The number of esters is 1. The first kappa shape index (κ1) is 34.2. The number of ether oxygens (including phenoxy) is 2. The number of carbonyl (C=O) groups excluding carboxylic acids is 1. The van der Waals surface area contributed by atoms with Crippen LogP contribution >= 0.6 is 7.75 Å². The van der Waals surface area contributed by atoms with E-state index >= 15 is 0 Å². The number of fused-ring (bicyclic) bond motifs is 2. The third kappa shape index (κ3) is 6.95. The molecule has 3 heterocycles. The van der Waals surface area contributed by atoms with Crippen molar-refractivity contribution >= 4 is 47.4 Å². The summed E-state index contributed by atoms with van der Waals surface area (Å²) in [7, 11) is -2.77. The van der Waals surface area contributed by atoms with Gasteiger partial charge in [0.15, 0.2) is 23.2 Å². The largest absolute Gasteiger partial charge is 0.459 e. The molecule has 0 spiro atoms. The minimum absolute atomic E-state index is 0.0416. The van der Waals surface area contributed by atoms with E-state index in [9.17, 15) is 19.6 Å². The maximum absolute atomic E-state index is 14.5. The van der Waals surface area contributed by atoms with Gasteiger partial charge < -0.3 is 35.3 Å². The first-order chi connectivity index (χ1) is 23.4. The number of benzene rings is 3. The van der Waals surface area contributed by atoms with E-state index in [0.29, 0.717) is 16.7 Å². The number of hydrogen-bond acceptors (Lipinski definition) is 13. The Labute approximate surface area is 282 Å². The van der Waals surface area contributed by atoms with Crippen LogP contribution in [0, 0.1) is 0 Å². The van der Waals surface area contributed by atoms with Crippen LogP contribution in [-0.2, 0) is 23.4 Å². The van der Waals surface area contributed by atoms with Crippen LogP contribution in [0.25, 0.3) is 21.9 Å². The van der Waals surface area contributed by atoms with E-state index in [1.54, 1.807) is 32.2 Å². The molecular formula is C33H38N7O8P. The number of rotatable bonds is 12. The van der Waals surface area contributed by atoms with Gasteiger partial charge in [-0.15, -0.1) is 0 Å². The van der Waals surface area contributed by atoms with Crippen LogP contribution in [0.2, 0.25) is 0 Å². The van der Waals surface area contributed by atoms with Gasteiger partial charge in [-0.3, -0.25) is 13.9 Å². The molecule has 258 valence electrons. The third-order valence-electron chi connectivity index (χ3n) is 8.33. The van der Waals surface area contributed by atoms with Gasteiger partial charge in [0.1, 0.15) is 35.7 Å². The highest BCUT2D eigenvalue weighted by Gasteiger charge is 2.54. The molecule has 2 unspecified atom stereocenters. The van der Waals surface area contributed by atoms with Crippen molar-refractivity contribution in [2.45, 2.75) is 57.0 Å². The molecule has 3 aromatic carbocycles. The van der Waals surface area contributed by atoms with Gasteiger partial charge in [0, 0.05) is 12.4 Å². The Morgan fingerprint density at radius 1 is 1.10 bits per heavy atom. The molecule has 2 aromatic heterocycles. The van der Waals surface area contributed by atoms with E-state index in [4.69, 9.17) is 24.3 Å². The molecule has 6 rings (SSSR count). The number of aliphatic hydroxyl groups is 2. The maximum atomic E-state index is 14.5. The van der Waals surface area contributed by atoms with Gasteiger partial charge in [-0.2, -0.15) is 15.1 Å². The predicted octanol–water partition coefficient (Wildman–Crippen LogP) is 4.10. The number of nitrogen functional groups attached to an aromatic ring is 1. The lowest BCUT2D eigenvalue weighted by Gasteiger charge is -2.27. The fraction of sp³-hybridized carbons (Fsp3) is 0.333. The second-order valence-electron chi connectivity index (χ2n) is 11.9. The van der Waals surface area contributed by atoms with Gasteiger partial charge in [0.25, 0.3) is 0 Å². The van der Waals surface area contributed by atoms with Gasteiger partial charge in [0.05, 0.1) is 12.9 Å². The van der Waals surface area contributed by atoms with Crippen molar-refractivity contribution in [2.24, 2.45) is 0 Å². The zero-order valence-electron chi connectivity index (χ0n) is 27.3. The second-order valence-corrected chi connectivity index (χ2v) is 13.6. The summed E-state index contributed by atoms with van der Waals surface area (Å²) in [6, 6.07) is 20.6. The highest BCUT2D eigenvalue weighted by atomic mass is 31.2. The Morgan fingerprint density at radius 2 is 1.82 bits per heavy atom. The van der Waals surface area contributed by atoms with E-state index in [2.05, 4.69) is 25.4 Å². The standard InChI is InChI=1S/C33H38N7O8P/c1-19(30(42)46-20(2)21-11-6-5-7-12-21)39-49(44,48-24-16-10-14-22-13-8-9-15-23(22)24)45-17-25-27(41)33(3,43)31(47-25)40-18-36-26-28(35-4)37-32(34)38-29(26)40/h5-16,18-20,25,27,31,41,43H,17H2,1-4H3,(H,39,44)(H3,34,35,37,38)/t19-,20-,25+,27+,31?,33+,49?/m0/s1. The molecule has 0 radical (unpaired) electrons. The van der Waals surface area contributed by atoms with Crippen molar-refractivity contribution in [3.05, 3.63) is 84.7 Å². The number of aliphatic hydroxyl groups excluding tert-OH is 1. The Kier molecular flexibility index (Phi) is 9.58. The van der Waals surface area contributed by atoms with Crippen LogP contribution in [0.4, 0.5) is 11.8 Å². The van der Waals surface area contributed by atoms with Crippen molar-refractivity contribution in [1.82, 2.24) is 24.6 Å². The molecule has 15 nitrogen and oxygen atoms in total. The monoisotopic (exact) mass is 691 g/mol. The minimum Gasteiger partial charge on any atom is -0.457 e. The molecule has 0 saturated carbocycles. The lowest BCUT2D eigenvalue weighted by Crippen LogP contribution is -2.44. The van der Waals surface area contributed by atoms with E-state index in [-0.39, 0.29) is 17.3 Å². The van der Waals surface area contributed by atoms with Gasteiger partial charge >= 0.3 is 13.7 Å². The summed E-state index contributed by atoms with van der Waals surface area (Å²) in [4.78, 5) is 25.9. The molecule has 1 fully saturated rings. The fourth-order valence-corrected chi connectivity index (χ4v) is 7.20. The van der Waals surface area contributed by atoms with Crippen molar-refractivity contribution in [3.63, 3.8) is 0 Å². The number of nitrogens with two attached hydrogens (primary N) is 1. The first-order valence-corrected chi connectivity index (χ1v) is 17.1. The summed E-state index contributed by atoms with van der Waals surface area (Å²) in [5.74, 6) is -0.147. The molecule has 7 atom stereocenters. The topological polar surface area (TPSA) is 205 Å². The number of anilines is 2. The Balaban J connectivity index is 1.25. The molecule has 49 heavy (non-hydrogen) atoms. The van der Waals surface area contributed by atoms with E-state index in [0.717, 1.165) is 10.9 Å². The Bertz CT molecular complexity index is 2000. The molecule has 6 N–H and O–H groups in total. The SMILES string of the molecule is CNc1nc(N)nc2c1ncn2C1O[C@H](COP(=O)(N[C@@H](C)C(=O)O[C@@H](C)c2ccccc2)Oc2cccc3ccccc23)[C@@H](O)[C@@]1(C)O. The molecule has 0 aliphatic carbocycles. The van der Waals surface area contributed by atoms with Crippen LogP contribution in [0.1, 0.15) is 38.7 Å². The number of nitrogens with one attached hydrogen (secondary N) is 2. The average molecular weight is 692 g/mol. The molecular weight excluding hydrogens is 653 g/mol. The molecule has 1 saturated heterocycles. The lowest BCUT2D eigenvalue weighted by atomic mass is 9.96. The van der Waals surface area contributed by atoms with Crippen molar-refractivity contribution in [3.8, 4) is 5.75 Å². The Morgan fingerprint density at radius 3 is 2.57 bits per heavy atom. The number of nitrogens with zero attached hydrogens (tertiary/aromatic N) is 4. The molecule has 0 bridgehead atoms. The minimum atomic E-state index is -4.42. The number of carbonyl (C=O) groups is 1. The molecule has 5 aromatic rings. The molecule has 1 aliphatic rings. The first-order valence-electron chi connectivity index (χ1n) is 15.6. The summed E-state index contributed by atoms with van der Waals surface area (Å²) in [6.45, 7) is 4.07. The number of hydrogen-bond donors (Lipinski definition) is 5. The van der Waals surface area contributed by atoms with Gasteiger partial charge in [-0.1, -0.05) is 66.7 Å². The highest BCUT2D eigenvalue weighted by Crippen LogP contribution is 2.48.